The molecule has 0 heterocycles. The highest BCUT2D eigenvalue weighted by molar-refractivity contribution is 5.22. The molecule has 0 aliphatic rings. The van der Waals surface area contributed by atoms with Crippen LogP contribution in [0.25, 0.3) is 0 Å². The Morgan fingerprint density at radius 3 is 2.24 bits per heavy atom. The quantitative estimate of drug-likeness (QED) is 0.786. The predicted molar refractivity (Wildman–Crippen MR) is 70.9 cm³/mol. The maximum Gasteiger partial charge on any atom is 0.113 e. The normalized spacial score (nSPS) is 14.9. The van der Waals surface area contributed by atoms with Gasteiger partial charge in [-0.1, -0.05) is 57.0 Å². The van der Waals surface area contributed by atoms with Gasteiger partial charge >= 0.3 is 0 Å². The third-order valence-electron chi connectivity index (χ3n) is 3.48. The molecule has 0 bridgehead atoms. The highest BCUT2D eigenvalue weighted by Crippen LogP contribution is 2.31. The van der Waals surface area contributed by atoms with Crippen molar-refractivity contribution in [3.8, 4) is 0 Å². The summed E-state index contributed by atoms with van der Waals surface area (Å²) in [7, 11) is 1.64. The fourth-order valence-electron chi connectivity index (χ4n) is 2.30. The Morgan fingerprint density at radius 1 is 1.18 bits per heavy atom. The minimum Gasteiger partial charge on any atom is -0.383 e. The van der Waals surface area contributed by atoms with E-state index in [-0.39, 0.29) is 0 Å². The van der Waals surface area contributed by atoms with Crippen molar-refractivity contribution in [3.05, 3.63) is 35.9 Å². The summed E-state index contributed by atoms with van der Waals surface area (Å²) in [6.45, 7) is 4.70. The first-order chi connectivity index (χ1) is 8.16. The van der Waals surface area contributed by atoms with Gasteiger partial charge in [0.05, 0.1) is 6.61 Å². The van der Waals surface area contributed by atoms with Crippen molar-refractivity contribution in [1.29, 1.82) is 0 Å². The van der Waals surface area contributed by atoms with Gasteiger partial charge in [0.2, 0.25) is 0 Å². The van der Waals surface area contributed by atoms with Crippen molar-refractivity contribution >= 4 is 0 Å². The van der Waals surface area contributed by atoms with Crippen LogP contribution in [0.15, 0.2) is 30.3 Å². The molecule has 0 aromatic heterocycles. The molecule has 1 N–H and O–H groups in total. The number of benzene rings is 1. The molecular formula is C15H24O2. The van der Waals surface area contributed by atoms with Gasteiger partial charge in [0.1, 0.15) is 5.60 Å². The number of aliphatic hydroxyl groups is 1. The summed E-state index contributed by atoms with van der Waals surface area (Å²) in [5.41, 5.74) is 0.0981. The highest BCUT2D eigenvalue weighted by Gasteiger charge is 2.31. The Labute approximate surface area is 105 Å². The first-order valence-electron chi connectivity index (χ1n) is 6.43. The molecule has 1 aromatic carbocycles. The molecule has 0 spiro atoms. The first-order valence-corrected chi connectivity index (χ1v) is 6.43. The summed E-state index contributed by atoms with van der Waals surface area (Å²) in [5, 5.41) is 10.8. The molecule has 1 aromatic rings. The van der Waals surface area contributed by atoms with Crippen LogP contribution in [0.1, 0.15) is 38.7 Å². The second kappa shape index (κ2) is 6.77. The predicted octanol–water partition coefficient (Wildman–Crippen LogP) is 3.35. The number of methoxy groups -OCH3 is 1. The molecule has 1 unspecified atom stereocenters. The minimum atomic E-state index is -0.854. The van der Waals surface area contributed by atoms with Gasteiger partial charge in [-0.15, -0.1) is 0 Å². The van der Waals surface area contributed by atoms with Gasteiger partial charge in [-0.25, -0.2) is 0 Å². The zero-order valence-corrected chi connectivity index (χ0v) is 11.1. The van der Waals surface area contributed by atoms with E-state index in [0.717, 1.165) is 24.8 Å². The van der Waals surface area contributed by atoms with Gasteiger partial charge < -0.3 is 9.84 Å². The van der Waals surface area contributed by atoms with Gasteiger partial charge in [-0.2, -0.15) is 0 Å². The van der Waals surface area contributed by atoms with Crippen LogP contribution in [-0.4, -0.2) is 18.8 Å². The summed E-state index contributed by atoms with van der Waals surface area (Å²) in [6, 6.07) is 9.84. The maximum absolute atomic E-state index is 10.8. The molecule has 2 nitrogen and oxygen atoms in total. The van der Waals surface area contributed by atoms with E-state index < -0.39 is 5.60 Å². The van der Waals surface area contributed by atoms with Crippen LogP contribution in [-0.2, 0) is 10.3 Å². The van der Waals surface area contributed by atoms with Crippen LogP contribution in [0.4, 0.5) is 0 Å². The van der Waals surface area contributed by atoms with Crippen LogP contribution in [0.2, 0.25) is 0 Å². The van der Waals surface area contributed by atoms with E-state index >= 15 is 0 Å². The van der Waals surface area contributed by atoms with E-state index in [9.17, 15) is 5.11 Å². The lowest BCUT2D eigenvalue weighted by molar-refractivity contribution is -0.0536. The molecule has 0 radical (unpaired) electrons. The molecule has 0 saturated heterocycles. The van der Waals surface area contributed by atoms with Crippen LogP contribution in [0.5, 0.6) is 0 Å². The zero-order valence-electron chi connectivity index (χ0n) is 11.1. The Hall–Kier alpha value is -0.860. The number of hydrogen-bond acceptors (Lipinski definition) is 2. The number of hydrogen-bond donors (Lipinski definition) is 1. The Balaban J connectivity index is 2.89. The number of ether oxygens (including phenoxy) is 1. The molecule has 0 saturated carbocycles. The molecule has 0 amide bonds. The van der Waals surface area contributed by atoms with E-state index in [1.165, 1.54) is 0 Å². The molecule has 0 aliphatic carbocycles. The Morgan fingerprint density at radius 2 is 1.76 bits per heavy atom. The fraction of sp³-hybridized carbons (Fsp3) is 0.600. The van der Waals surface area contributed by atoms with Crippen molar-refractivity contribution in [2.24, 2.45) is 5.92 Å². The molecule has 17 heavy (non-hydrogen) atoms. The molecule has 0 aliphatic heterocycles. The van der Waals surface area contributed by atoms with E-state index in [2.05, 4.69) is 13.8 Å². The average Bonchev–Trinajstić information content (AvgIpc) is 2.37. The van der Waals surface area contributed by atoms with E-state index in [1.54, 1.807) is 7.11 Å². The average molecular weight is 236 g/mol. The first kappa shape index (κ1) is 14.2. The highest BCUT2D eigenvalue weighted by atomic mass is 16.5. The maximum atomic E-state index is 10.8. The third kappa shape index (κ3) is 3.83. The van der Waals surface area contributed by atoms with Gasteiger partial charge in [0.25, 0.3) is 0 Å². The smallest absolute Gasteiger partial charge is 0.113 e. The lowest BCUT2D eigenvalue weighted by atomic mass is 9.83. The summed E-state index contributed by atoms with van der Waals surface area (Å²) >= 11 is 0. The molecule has 0 fully saturated rings. The van der Waals surface area contributed by atoms with Gasteiger partial charge in [-0.3, -0.25) is 0 Å². The fourth-order valence-corrected chi connectivity index (χ4v) is 2.30. The lowest BCUT2D eigenvalue weighted by Crippen LogP contribution is -2.33. The van der Waals surface area contributed by atoms with E-state index in [4.69, 9.17) is 4.74 Å². The third-order valence-corrected chi connectivity index (χ3v) is 3.48. The monoisotopic (exact) mass is 236 g/mol. The zero-order chi connectivity index (χ0) is 12.7. The Bertz CT molecular complexity index is 306. The van der Waals surface area contributed by atoms with Crippen LogP contribution >= 0.6 is 0 Å². The molecule has 2 heteroatoms. The van der Waals surface area contributed by atoms with Gasteiger partial charge in [0, 0.05) is 7.11 Å². The van der Waals surface area contributed by atoms with Crippen molar-refractivity contribution < 1.29 is 9.84 Å². The van der Waals surface area contributed by atoms with Crippen molar-refractivity contribution in [1.82, 2.24) is 0 Å². The number of rotatable bonds is 7. The SMILES string of the molecule is CCC(CC)CC(O)(COC)c1ccccc1. The molecule has 1 rings (SSSR count). The summed E-state index contributed by atoms with van der Waals surface area (Å²) in [5.74, 6) is 0.537. The Kier molecular flexibility index (Phi) is 5.66. The van der Waals surface area contributed by atoms with Crippen LogP contribution in [0.3, 0.4) is 0 Å². The second-order valence-corrected chi connectivity index (χ2v) is 4.72. The minimum absolute atomic E-state index is 0.355. The van der Waals surface area contributed by atoms with Gasteiger partial charge in [-0.05, 0) is 17.9 Å². The summed E-state index contributed by atoms with van der Waals surface area (Å²) < 4.78 is 5.20. The lowest BCUT2D eigenvalue weighted by Gasteiger charge is -2.31. The van der Waals surface area contributed by atoms with E-state index in [1.807, 2.05) is 30.3 Å². The molecular weight excluding hydrogens is 212 g/mol. The summed E-state index contributed by atoms with van der Waals surface area (Å²) in [6.07, 6.45) is 2.95. The van der Waals surface area contributed by atoms with Gasteiger partial charge in [0.15, 0.2) is 0 Å². The van der Waals surface area contributed by atoms with Crippen molar-refractivity contribution in [2.75, 3.05) is 13.7 Å². The second-order valence-electron chi connectivity index (χ2n) is 4.72. The van der Waals surface area contributed by atoms with Crippen molar-refractivity contribution in [2.45, 2.75) is 38.7 Å². The standard InChI is InChI=1S/C15H24O2/c1-4-13(5-2)11-15(16,12-17-3)14-9-7-6-8-10-14/h6-10,13,16H,4-5,11-12H2,1-3H3. The molecule has 1 atom stereocenters. The van der Waals surface area contributed by atoms with Crippen LogP contribution < -0.4 is 0 Å². The van der Waals surface area contributed by atoms with Crippen LogP contribution in [0, 0.1) is 5.92 Å². The molecule has 96 valence electrons. The van der Waals surface area contributed by atoms with E-state index in [0.29, 0.717) is 12.5 Å². The topological polar surface area (TPSA) is 29.5 Å². The van der Waals surface area contributed by atoms with Crippen molar-refractivity contribution in [3.63, 3.8) is 0 Å². The largest absolute Gasteiger partial charge is 0.383 e. The summed E-state index contributed by atoms with van der Waals surface area (Å²) in [4.78, 5) is 0.